The Labute approximate surface area is 114 Å². The summed E-state index contributed by atoms with van der Waals surface area (Å²) in [6.45, 7) is 6.49. The van der Waals surface area contributed by atoms with E-state index in [1.807, 2.05) is 0 Å². The molecule has 1 aromatic rings. The van der Waals surface area contributed by atoms with Crippen molar-refractivity contribution >= 4 is 11.6 Å². The molecule has 0 aromatic heterocycles. The summed E-state index contributed by atoms with van der Waals surface area (Å²) in [5, 5.41) is 0.684. The van der Waals surface area contributed by atoms with Gasteiger partial charge >= 0.3 is 0 Å². The summed E-state index contributed by atoms with van der Waals surface area (Å²) >= 11 is 6.28. The number of nitrogens with two attached hydrogens (primary N) is 1. The second kappa shape index (κ2) is 4.75. The van der Waals surface area contributed by atoms with Crippen LogP contribution in [0.4, 0.5) is 0 Å². The summed E-state index contributed by atoms with van der Waals surface area (Å²) in [5.41, 5.74) is 8.94. The fourth-order valence-electron chi connectivity index (χ4n) is 2.74. The average molecular weight is 268 g/mol. The van der Waals surface area contributed by atoms with E-state index in [1.54, 1.807) is 7.11 Å². The predicted octanol–water partition coefficient (Wildman–Crippen LogP) is 3.85. The topological polar surface area (TPSA) is 35.2 Å². The minimum Gasteiger partial charge on any atom is -0.495 e. The molecule has 0 amide bonds. The number of methoxy groups -OCH3 is 1. The van der Waals surface area contributed by atoms with Crippen molar-refractivity contribution in [2.24, 2.45) is 5.73 Å². The molecule has 2 nitrogen and oxygen atoms in total. The van der Waals surface area contributed by atoms with E-state index >= 15 is 0 Å². The van der Waals surface area contributed by atoms with Gasteiger partial charge < -0.3 is 10.5 Å². The summed E-state index contributed by atoms with van der Waals surface area (Å²) in [4.78, 5) is 0. The third-order valence-electron chi connectivity index (χ3n) is 4.14. The van der Waals surface area contributed by atoms with Gasteiger partial charge in [-0.2, -0.15) is 0 Å². The van der Waals surface area contributed by atoms with E-state index in [9.17, 15) is 0 Å². The zero-order valence-corrected chi connectivity index (χ0v) is 12.3. The molecular formula is C15H22ClNO. The lowest BCUT2D eigenvalue weighted by Crippen LogP contribution is -2.32. The van der Waals surface area contributed by atoms with Crippen molar-refractivity contribution < 1.29 is 4.74 Å². The van der Waals surface area contributed by atoms with Crippen molar-refractivity contribution in [2.75, 3.05) is 7.11 Å². The smallest absolute Gasteiger partial charge is 0.137 e. The minimum absolute atomic E-state index is 0.134. The van der Waals surface area contributed by atoms with E-state index in [0.717, 1.165) is 18.6 Å². The van der Waals surface area contributed by atoms with Gasteiger partial charge in [-0.1, -0.05) is 25.4 Å². The largest absolute Gasteiger partial charge is 0.495 e. The third kappa shape index (κ3) is 2.12. The number of benzene rings is 1. The van der Waals surface area contributed by atoms with Gasteiger partial charge in [-0.05, 0) is 48.9 Å². The fourth-order valence-corrected chi connectivity index (χ4v) is 2.98. The molecule has 0 bridgehead atoms. The molecular weight excluding hydrogens is 246 g/mol. The molecule has 2 rings (SSSR count). The Morgan fingerprint density at radius 2 is 1.89 bits per heavy atom. The van der Waals surface area contributed by atoms with Crippen LogP contribution in [-0.2, 0) is 5.41 Å². The number of hydrogen-bond acceptors (Lipinski definition) is 2. The lowest BCUT2D eigenvalue weighted by atomic mass is 9.82. The van der Waals surface area contributed by atoms with Gasteiger partial charge in [-0.15, -0.1) is 0 Å². The molecule has 0 spiro atoms. The SMILES string of the molecule is COc1cc(C(C)C)c(C2(C(C)N)CC2)cc1Cl. The molecule has 1 aliphatic carbocycles. The van der Waals surface area contributed by atoms with Crippen LogP contribution in [0.15, 0.2) is 12.1 Å². The Morgan fingerprint density at radius 1 is 1.28 bits per heavy atom. The van der Waals surface area contributed by atoms with Crippen LogP contribution in [0.1, 0.15) is 50.7 Å². The molecule has 1 saturated carbocycles. The zero-order chi connectivity index (χ0) is 13.5. The number of halogens is 1. The van der Waals surface area contributed by atoms with Gasteiger partial charge in [0, 0.05) is 11.5 Å². The second-order valence-corrected chi connectivity index (χ2v) is 6.08. The van der Waals surface area contributed by atoms with Gasteiger partial charge in [0.2, 0.25) is 0 Å². The van der Waals surface area contributed by atoms with E-state index in [1.165, 1.54) is 11.1 Å². The highest BCUT2D eigenvalue weighted by atomic mass is 35.5. The van der Waals surface area contributed by atoms with Crippen LogP contribution in [0, 0.1) is 0 Å². The maximum absolute atomic E-state index is 6.28. The molecule has 0 saturated heterocycles. The lowest BCUT2D eigenvalue weighted by molar-refractivity contribution is 0.413. The summed E-state index contributed by atoms with van der Waals surface area (Å²) in [5.74, 6) is 1.20. The van der Waals surface area contributed by atoms with Gasteiger partial charge in [0.1, 0.15) is 5.75 Å². The third-order valence-corrected chi connectivity index (χ3v) is 4.44. The second-order valence-electron chi connectivity index (χ2n) is 5.67. The van der Waals surface area contributed by atoms with Gasteiger partial charge in [-0.25, -0.2) is 0 Å². The quantitative estimate of drug-likeness (QED) is 0.899. The Hall–Kier alpha value is -0.730. The molecule has 0 heterocycles. The van der Waals surface area contributed by atoms with Crippen LogP contribution < -0.4 is 10.5 Å². The number of hydrogen-bond donors (Lipinski definition) is 1. The molecule has 0 aliphatic heterocycles. The summed E-state index contributed by atoms with van der Waals surface area (Å²) in [6.07, 6.45) is 2.32. The molecule has 1 atom stereocenters. The summed E-state index contributed by atoms with van der Waals surface area (Å²) in [6, 6.07) is 4.30. The highest BCUT2D eigenvalue weighted by Gasteiger charge is 2.48. The minimum atomic E-state index is 0.134. The normalized spacial score (nSPS) is 18.8. The fraction of sp³-hybridized carbons (Fsp3) is 0.600. The van der Waals surface area contributed by atoms with Gasteiger partial charge in [0.05, 0.1) is 12.1 Å². The molecule has 0 radical (unpaired) electrons. The molecule has 1 unspecified atom stereocenters. The van der Waals surface area contributed by atoms with Crippen LogP contribution in [0.2, 0.25) is 5.02 Å². The zero-order valence-electron chi connectivity index (χ0n) is 11.6. The predicted molar refractivity (Wildman–Crippen MR) is 76.7 cm³/mol. The first-order valence-electron chi connectivity index (χ1n) is 6.56. The van der Waals surface area contributed by atoms with Crippen molar-refractivity contribution in [2.45, 2.75) is 51.0 Å². The highest BCUT2D eigenvalue weighted by molar-refractivity contribution is 6.32. The maximum atomic E-state index is 6.28. The van der Waals surface area contributed by atoms with E-state index in [0.29, 0.717) is 10.9 Å². The Morgan fingerprint density at radius 3 is 2.28 bits per heavy atom. The first-order valence-corrected chi connectivity index (χ1v) is 6.93. The summed E-state index contributed by atoms with van der Waals surface area (Å²) in [7, 11) is 1.66. The van der Waals surface area contributed by atoms with Gasteiger partial charge in [0.25, 0.3) is 0 Å². The van der Waals surface area contributed by atoms with Crippen LogP contribution >= 0.6 is 11.6 Å². The van der Waals surface area contributed by atoms with Crippen molar-refractivity contribution in [3.63, 3.8) is 0 Å². The first kappa shape index (κ1) is 13.7. The molecule has 1 aromatic carbocycles. The van der Waals surface area contributed by atoms with Crippen molar-refractivity contribution in [3.05, 3.63) is 28.3 Å². The molecule has 2 N–H and O–H groups in total. The first-order chi connectivity index (χ1) is 8.42. The number of ether oxygens (including phenoxy) is 1. The highest BCUT2D eigenvalue weighted by Crippen LogP contribution is 2.53. The lowest BCUT2D eigenvalue weighted by Gasteiger charge is -2.26. The van der Waals surface area contributed by atoms with Crippen molar-refractivity contribution in [1.29, 1.82) is 0 Å². The molecule has 3 heteroatoms. The molecule has 100 valence electrons. The standard InChI is InChI=1S/C15H22ClNO/c1-9(2)11-7-14(18-4)13(16)8-12(11)15(5-6-15)10(3)17/h7-10H,5-6,17H2,1-4H3. The van der Waals surface area contributed by atoms with Crippen LogP contribution in [0.3, 0.4) is 0 Å². The van der Waals surface area contributed by atoms with Gasteiger partial charge in [-0.3, -0.25) is 0 Å². The van der Waals surface area contributed by atoms with Crippen LogP contribution in [0.25, 0.3) is 0 Å². The monoisotopic (exact) mass is 267 g/mol. The van der Waals surface area contributed by atoms with Crippen molar-refractivity contribution in [1.82, 2.24) is 0 Å². The summed E-state index contributed by atoms with van der Waals surface area (Å²) < 4.78 is 5.32. The Kier molecular flexibility index (Phi) is 3.61. The van der Waals surface area contributed by atoms with E-state index in [4.69, 9.17) is 22.1 Å². The number of rotatable bonds is 4. The van der Waals surface area contributed by atoms with Crippen LogP contribution in [0.5, 0.6) is 5.75 Å². The average Bonchev–Trinajstić information content (AvgIpc) is 3.09. The van der Waals surface area contributed by atoms with Crippen LogP contribution in [-0.4, -0.2) is 13.2 Å². The molecule has 1 aliphatic rings. The van der Waals surface area contributed by atoms with Crippen molar-refractivity contribution in [3.8, 4) is 5.75 Å². The Bertz CT molecular complexity index is 450. The van der Waals surface area contributed by atoms with E-state index in [2.05, 4.69) is 32.9 Å². The maximum Gasteiger partial charge on any atom is 0.137 e. The molecule has 1 fully saturated rings. The van der Waals surface area contributed by atoms with Gasteiger partial charge in [0.15, 0.2) is 0 Å². The Balaban J connectivity index is 2.56. The van der Waals surface area contributed by atoms with E-state index < -0.39 is 0 Å². The molecule has 18 heavy (non-hydrogen) atoms. The van der Waals surface area contributed by atoms with E-state index in [-0.39, 0.29) is 11.5 Å².